The van der Waals surface area contributed by atoms with Crippen molar-refractivity contribution in [3.05, 3.63) is 28.7 Å². The first-order chi connectivity index (χ1) is 13.0. The highest BCUT2D eigenvalue weighted by molar-refractivity contribution is 6.07. The lowest BCUT2D eigenvalue weighted by Gasteiger charge is -2.19. The average Bonchev–Trinajstić information content (AvgIpc) is 3.29. The van der Waals surface area contributed by atoms with Crippen LogP contribution in [0.25, 0.3) is 11.0 Å². The lowest BCUT2D eigenvalue weighted by molar-refractivity contribution is -0.131. The minimum Gasteiger partial charge on any atom is -0.326 e. The molecule has 1 aliphatic carbocycles. The normalized spacial score (nSPS) is 18.4. The third-order valence-electron chi connectivity index (χ3n) is 5.29. The van der Waals surface area contributed by atoms with Gasteiger partial charge in [0.25, 0.3) is 5.91 Å². The summed E-state index contributed by atoms with van der Waals surface area (Å²) in [6.07, 6.45) is 3.85. The van der Waals surface area contributed by atoms with Gasteiger partial charge in [0.15, 0.2) is 0 Å². The Morgan fingerprint density at radius 3 is 2.63 bits per heavy atom. The minimum atomic E-state index is -0.706. The summed E-state index contributed by atoms with van der Waals surface area (Å²) in [6, 6.07) is 4.72. The Morgan fingerprint density at radius 1 is 1.11 bits per heavy atom. The van der Waals surface area contributed by atoms with Gasteiger partial charge in [-0.2, -0.15) is 0 Å². The number of imidazole rings is 1. The molecular formula is C18H21N5O4. The second-order valence-electron chi connectivity index (χ2n) is 7.17. The maximum Gasteiger partial charge on any atom is 0.325 e. The third kappa shape index (κ3) is 3.20. The number of fused-ring (bicyclic) bond motifs is 1. The van der Waals surface area contributed by atoms with Crippen LogP contribution in [0.15, 0.2) is 23.0 Å². The third-order valence-corrected chi connectivity index (χ3v) is 5.29. The van der Waals surface area contributed by atoms with Gasteiger partial charge in [-0.1, -0.05) is 12.8 Å². The standard InChI is InChI=1S/C18H21N5O4/c24-14(19-11-5-6-12-13(10-11)21-16(26)20-12)4-3-9-23-15(25)18(22-17(23)27)7-1-2-8-18/h5-6,10H,1-4,7-9H2,(H,19,24)(H,22,27)(H2,20,21,26). The molecule has 142 valence electrons. The molecule has 4 N–H and O–H groups in total. The van der Waals surface area contributed by atoms with E-state index in [0.717, 1.165) is 12.8 Å². The largest absolute Gasteiger partial charge is 0.326 e. The van der Waals surface area contributed by atoms with Gasteiger partial charge in [-0.3, -0.25) is 14.5 Å². The topological polar surface area (TPSA) is 127 Å². The molecule has 0 radical (unpaired) electrons. The van der Waals surface area contributed by atoms with E-state index in [1.807, 2.05) is 0 Å². The van der Waals surface area contributed by atoms with Crippen molar-refractivity contribution in [3.8, 4) is 0 Å². The first-order valence-electron chi connectivity index (χ1n) is 9.13. The second kappa shape index (κ2) is 6.57. The molecule has 2 aromatic rings. The van der Waals surface area contributed by atoms with Gasteiger partial charge in [0.05, 0.1) is 11.0 Å². The highest BCUT2D eigenvalue weighted by atomic mass is 16.2. The highest BCUT2D eigenvalue weighted by Gasteiger charge is 2.51. The van der Waals surface area contributed by atoms with Crippen LogP contribution in [0.4, 0.5) is 10.5 Å². The molecule has 1 saturated heterocycles. The SMILES string of the molecule is O=C(CCCN1C(=O)NC2(CCCC2)C1=O)Nc1ccc2[nH]c(=O)[nH]c2c1. The number of urea groups is 1. The second-order valence-corrected chi connectivity index (χ2v) is 7.17. The van der Waals surface area contributed by atoms with Crippen molar-refractivity contribution < 1.29 is 14.4 Å². The van der Waals surface area contributed by atoms with Crippen molar-refractivity contribution in [1.82, 2.24) is 20.2 Å². The molecule has 4 rings (SSSR count). The summed E-state index contributed by atoms with van der Waals surface area (Å²) in [5, 5.41) is 5.59. The highest BCUT2D eigenvalue weighted by Crippen LogP contribution is 2.35. The van der Waals surface area contributed by atoms with Crippen LogP contribution in [0, 0.1) is 0 Å². The summed E-state index contributed by atoms with van der Waals surface area (Å²) < 4.78 is 0. The van der Waals surface area contributed by atoms with E-state index in [2.05, 4.69) is 20.6 Å². The first kappa shape index (κ1) is 17.3. The number of anilines is 1. The van der Waals surface area contributed by atoms with Crippen molar-refractivity contribution in [2.24, 2.45) is 0 Å². The quantitative estimate of drug-likeness (QED) is 0.593. The fourth-order valence-electron chi connectivity index (χ4n) is 3.93. The molecule has 1 saturated carbocycles. The summed E-state index contributed by atoms with van der Waals surface area (Å²) in [7, 11) is 0. The maximum absolute atomic E-state index is 12.5. The number of rotatable bonds is 5. The zero-order valence-electron chi connectivity index (χ0n) is 14.8. The number of benzene rings is 1. The van der Waals surface area contributed by atoms with Crippen LogP contribution >= 0.6 is 0 Å². The average molecular weight is 371 g/mol. The van der Waals surface area contributed by atoms with Gasteiger partial charge < -0.3 is 20.6 Å². The molecule has 4 amide bonds. The number of hydrogen-bond donors (Lipinski definition) is 4. The lowest BCUT2D eigenvalue weighted by atomic mass is 9.98. The molecule has 2 heterocycles. The van der Waals surface area contributed by atoms with Crippen LogP contribution in [0.1, 0.15) is 38.5 Å². The van der Waals surface area contributed by atoms with Gasteiger partial charge in [0.2, 0.25) is 5.91 Å². The van der Waals surface area contributed by atoms with Crippen molar-refractivity contribution in [2.45, 2.75) is 44.1 Å². The number of nitrogens with one attached hydrogen (secondary N) is 4. The van der Waals surface area contributed by atoms with Gasteiger partial charge in [0, 0.05) is 18.7 Å². The predicted octanol–water partition coefficient (Wildman–Crippen LogP) is 1.44. The van der Waals surface area contributed by atoms with Crippen LogP contribution in [-0.4, -0.2) is 44.8 Å². The molecule has 9 nitrogen and oxygen atoms in total. The van der Waals surface area contributed by atoms with Gasteiger partial charge in [-0.25, -0.2) is 9.59 Å². The molecule has 1 spiro atoms. The number of carbonyl (C=O) groups is 3. The summed E-state index contributed by atoms with van der Waals surface area (Å²) >= 11 is 0. The molecule has 1 aliphatic heterocycles. The summed E-state index contributed by atoms with van der Waals surface area (Å²) in [5.41, 5.74) is 0.837. The van der Waals surface area contributed by atoms with Gasteiger partial charge in [-0.15, -0.1) is 0 Å². The molecule has 27 heavy (non-hydrogen) atoms. The minimum absolute atomic E-state index is 0.160. The zero-order valence-corrected chi connectivity index (χ0v) is 14.8. The van der Waals surface area contributed by atoms with E-state index < -0.39 is 5.54 Å². The fraction of sp³-hybridized carbons (Fsp3) is 0.444. The Kier molecular flexibility index (Phi) is 4.21. The molecule has 0 unspecified atom stereocenters. The van der Waals surface area contributed by atoms with Gasteiger partial charge >= 0.3 is 11.7 Å². The summed E-state index contributed by atoms with van der Waals surface area (Å²) in [4.78, 5) is 54.6. The number of aromatic amines is 2. The number of nitrogens with zero attached hydrogens (tertiary/aromatic N) is 1. The number of aromatic nitrogens is 2. The first-order valence-corrected chi connectivity index (χ1v) is 9.13. The Morgan fingerprint density at radius 2 is 1.85 bits per heavy atom. The maximum atomic E-state index is 12.5. The van der Waals surface area contributed by atoms with Crippen LogP contribution in [0.2, 0.25) is 0 Å². The van der Waals surface area contributed by atoms with E-state index in [-0.39, 0.29) is 36.5 Å². The van der Waals surface area contributed by atoms with Crippen LogP contribution in [0.5, 0.6) is 0 Å². The van der Waals surface area contributed by atoms with E-state index in [1.54, 1.807) is 18.2 Å². The van der Waals surface area contributed by atoms with Crippen LogP contribution < -0.4 is 16.3 Å². The predicted molar refractivity (Wildman–Crippen MR) is 98.2 cm³/mol. The Bertz CT molecular complexity index is 970. The van der Waals surface area contributed by atoms with E-state index >= 15 is 0 Å². The van der Waals surface area contributed by atoms with Crippen molar-refractivity contribution in [3.63, 3.8) is 0 Å². The molecule has 0 atom stereocenters. The Hall–Kier alpha value is -3.10. The number of amides is 4. The van der Waals surface area contributed by atoms with Gasteiger partial charge in [0.1, 0.15) is 5.54 Å². The molecule has 1 aromatic carbocycles. The summed E-state index contributed by atoms with van der Waals surface area (Å²) in [6.45, 7) is 0.226. The number of hydrogen-bond acceptors (Lipinski definition) is 4. The molecule has 9 heteroatoms. The molecule has 2 fully saturated rings. The van der Waals surface area contributed by atoms with E-state index in [0.29, 0.717) is 36.0 Å². The van der Waals surface area contributed by atoms with E-state index in [4.69, 9.17) is 0 Å². The molecule has 0 bridgehead atoms. The Balaban J connectivity index is 1.30. The van der Waals surface area contributed by atoms with Crippen molar-refractivity contribution in [2.75, 3.05) is 11.9 Å². The van der Waals surface area contributed by atoms with E-state index in [9.17, 15) is 19.2 Å². The monoisotopic (exact) mass is 371 g/mol. The van der Waals surface area contributed by atoms with Crippen molar-refractivity contribution >= 4 is 34.6 Å². The summed E-state index contributed by atoms with van der Waals surface area (Å²) in [5.74, 6) is -0.373. The molecule has 2 aliphatic rings. The Labute approximate surface area is 154 Å². The molecular weight excluding hydrogens is 350 g/mol. The van der Waals surface area contributed by atoms with Crippen molar-refractivity contribution in [1.29, 1.82) is 0 Å². The number of imide groups is 1. The van der Waals surface area contributed by atoms with Crippen LogP contribution in [-0.2, 0) is 9.59 Å². The lowest BCUT2D eigenvalue weighted by Crippen LogP contribution is -2.44. The smallest absolute Gasteiger partial charge is 0.325 e. The zero-order chi connectivity index (χ0) is 19.0. The number of carbonyl (C=O) groups excluding carboxylic acids is 3. The number of H-pyrrole nitrogens is 2. The van der Waals surface area contributed by atoms with E-state index in [1.165, 1.54) is 4.90 Å². The fourth-order valence-corrected chi connectivity index (χ4v) is 3.93. The van der Waals surface area contributed by atoms with Crippen LogP contribution in [0.3, 0.4) is 0 Å². The molecule has 1 aromatic heterocycles. The van der Waals surface area contributed by atoms with Gasteiger partial charge in [-0.05, 0) is 37.5 Å².